The molecule has 2 aliphatic heterocycles. The fraction of sp³-hybridized carbons (Fsp3) is 0.632. The van der Waals surface area contributed by atoms with Crippen LogP contribution in [0.5, 0.6) is 5.75 Å². The van der Waals surface area contributed by atoms with Gasteiger partial charge in [0.2, 0.25) is 0 Å². The smallest absolute Gasteiger partial charge is 0.254 e. The number of amides is 1. The van der Waals surface area contributed by atoms with Gasteiger partial charge in [-0.3, -0.25) is 4.79 Å². The average Bonchev–Trinajstić information content (AvgIpc) is 3.13. The van der Waals surface area contributed by atoms with Crippen LogP contribution in [0.1, 0.15) is 43.0 Å². The molecule has 132 valence electrons. The largest absolute Gasteiger partial charge is 0.491 e. The van der Waals surface area contributed by atoms with Crippen LogP contribution >= 0.6 is 0 Å². The molecule has 5 nitrogen and oxygen atoms in total. The number of piperidine rings is 1. The summed E-state index contributed by atoms with van der Waals surface area (Å²) in [5.41, 5.74) is 6.59. The Morgan fingerprint density at radius 1 is 1.38 bits per heavy atom. The van der Waals surface area contributed by atoms with E-state index in [1.54, 1.807) is 0 Å². The van der Waals surface area contributed by atoms with Crippen LogP contribution in [0.2, 0.25) is 0 Å². The lowest BCUT2D eigenvalue weighted by Gasteiger charge is -2.39. The third-order valence-electron chi connectivity index (χ3n) is 5.16. The minimum atomic E-state index is 0.0552. The van der Waals surface area contributed by atoms with Gasteiger partial charge >= 0.3 is 0 Å². The molecule has 3 rings (SSSR count). The fourth-order valence-corrected chi connectivity index (χ4v) is 3.71. The Kier molecular flexibility index (Phi) is 5.74. The number of carbonyl (C=O) groups is 1. The number of benzene rings is 1. The van der Waals surface area contributed by atoms with E-state index in [0.717, 1.165) is 44.6 Å². The topological polar surface area (TPSA) is 64.8 Å². The second-order valence-corrected chi connectivity index (χ2v) is 6.89. The molecule has 0 radical (unpaired) electrons. The van der Waals surface area contributed by atoms with Crippen molar-refractivity contribution in [1.29, 1.82) is 0 Å². The van der Waals surface area contributed by atoms with Crippen LogP contribution in [-0.2, 0) is 4.74 Å². The maximum Gasteiger partial charge on any atom is 0.254 e. The summed E-state index contributed by atoms with van der Waals surface area (Å²) in [7, 11) is 0. The molecule has 0 saturated carbocycles. The maximum absolute atomic E-state index is 12.9. The van der Waals surface area contributed by atoms with Gasteiger partial charge in [0.25, 0.3) is 5.91 Å². The summed E-state index contributed by atoms with van der Waals surface area (Å²) in [6.45, 7) is 4.84. The number of nitrogens with zero attached hydrogens (tertiary/aromatic N) is 1. The molecule has 2 saturated heterocycles. The number of likely N-dealkylation sites (tertiary alicyclic amines) is 1. The van der Waals surface area contributed by atoms with Gasteiger partial charge in [-0.25, -0.2) is 0 Å². The molecule has 3 atom stereocenters. The number of hydrogen-bond acceptors (Lipinski definition) is 4. The van der Waals surface area contributed by atoms with Crippen LogP contribution < -0.4 is 10.5 Å². The van der Waals surface area contributed by atoms with Crippen LogP contribution in [0, 0.1) is 5.92 Å². The number of rotatable bonds is 5. The van der Waals surface area contributed by atoms with E-state index in [4.69, 9.17) is 15.2 Å². The predicted molar refractivity (Wildman–Crippen MR) is 93.2 cm³/mol. The molecule has 0 bridgehead atoms. The van der Waals surface area contributed by atoms with Crippen molar-refractivity contribution in [3.8, 4) is 5.75 Å². The van der Waals surface area contributed by atoms with Gasteiger partial charge < -0.3 is 20.1 Å². The lowest BCUT2D eigenvalue weighted by atomic mass is 9.90. The number of carbonyl (C=O) groups excluding carboxylic acids is 1. The van der Waals surface area contributed by atoms with Gasteiger partial charge in [-0.2, -0.15) is 0 Å². The summed E-state index contributed by atoms with van der Waals surface area (Å²) < 4.78 is 11.4. The van der Waals surface area contributed by atoms with Crippen molar-refractivity contribution in [3.63, 3.8) is 0 Å². The van der Waals surface area contributed by atoms with E-state index in [-0.39, 0.29) is 18.1 Å². The molecule has 0 aromatic heterocycles. The van der Waals surface area contributed by atoms with Crippen LogP contribution in [0.4, 0.5) is 0 Å². The van der Waals surface area contributed by atoms with Gasteiger partial charge in [0.05, 0.1) is 6.10 Å². The molecule has 5 heteroatoms. The van der Waals surface area contributed by atoms with Crippen molar-refractivity contribution in [2.75, 3.05) is 26.3 Å². The third kappa shape index (κ3) is 3.90. The molecule has 3 unspecified atom stereocenters. The molecule has 2 N–H and O–H groups in total. The number of hydrogen-bond donors (Lipinski definition) is 1. The highest BCUT2D eigenvalue weighted by atomic mass is 16.5. The summed E-state index contributed by atoms with van der Waals surface area (Å²) >= 11 is 0. The Hall–Kier alpha value is -1.59. The van der Waals surface area contributed by atoms with Crippen molar-refractivity contribution in [2.24, 2.45) is 11.7 Å². The van der Waals surface area contributed by atoms with Gasteiger partial charge in [0.1, 0.15) is 12.4 Å². The monoisotopic (exact) mass is 332 g/mol. The highest BCUT2D eigenvalue weighted by Crippen LogP contribution is 2.25. The van der Waals surface area contributed by atoms with E-state index in [1.165, 1.54) is 0 Å². The summed E-state index contributed by atoms with van der Waals surface area (Å²) in [5.74, 6) is 1.23. The molecule has 1 aromatic carbocycles. The van der Waals surface area contributed by atoms with E-state index in [9.17, 15) is 4.79 Å². The first-order valence-electron chi connectivity index (χ1n) is 9.04. The quantitative estimate of drug-likeness (QED) is 0.899. The maximum atomic E-state index is 12.9. The molecule has 24 heavy (non-hydrogen) atoms. The normalized spacial score (nSPS) is 27.2. The molecule has 2 heterocycles. The van der Waals surface area contributed by atoms with Crippen molar-refractivity contribution >= 4 is 5.91 Å². The second kappa shape index (κ2) is 7.99. The number of nitrogens with two attached hydrogens (primary N) is 1. The minimum Gasteiger partial charge on any atom is -0.491 e. The molecular formula is C19H28N2O3. The standard InChI is InChI=1S/C19H28N2O3/c1-14-5-3-9-21(18(14)12-20)19(22)15-6-2-7-16(11-15)24-13-17-8-4-10-23-17/h2,6-7,11,14,17-18H,3-5,8-10,12-13,20H2,1H3. The van der Waals surface area contributed by atoms with Crippen LogP contribution in [-0.4, -0.2) is 49.3 Å². The van der Waals surface area contributed by atoms with Gasteiger partial charge in [-0.15, -0.1) is 0 Å². The van der Waals surface area contributed by atoms with E-state index < -0.39 is 0 Å². The average molecular weight is 332 g/mol. The summed E-state index contributed by atoms with van der Waals surface area (Å²) in [5, 5.41) is 0. The van der Waals surface area contributed by atoms with Gasteiger partial charge in [0.15, 0.2) is 0 Å². The summed E-state index contributed by atoms with van der Waals surface area (Å²) in [4.78, 5) is 14.9. The summed E-state index contributed by atoms with van der Waals surface area (Å²) in [6.07, 6.45) is 4.49. The molecule has 1 aromatic rings. The van der Waals surface area contributed by atoms with Crippen molar-refractivity contribution in [1.82, 2.24) is 4.90 Å². The number of ether oxygens (including phenoxy) is 2. The Balaban J connectivity index is 1.66. The zero-order valence-corrected chi connectivity index (χ0v) is 14.4. The Morgan fingerprint density at radius 2 is 2.25 bits per heavy atom. The predicted octanol–water partition coefficient (Wildman–Crippen LogP) is 2.44. The van der Waals surface area contributed by atoms with E-state index in [0.29, 0.717) is 24.6 Å². The first-order chi connectivity index (χ1) is 11.7. The van der Waals surface area contributed by atoms with Gasteiger partial charge in [-0.1, -0.05) is 13.0 Å². The highest BCUT2D eigenvalue weighted by molar-refractivity contribution is 5.95. The molecule has 2 aliphatic rings. The fourth-order valence-electron chi connectivity index (χ4n) is 3.71. The summed E-state index contributed by atoms with van der Waals surface area (Å²) in [6, 6.07) is 7.59. The molecular weight excluding hydrogens is 304 g/mol. The Labute approximate surface area is 144 Å². The highest BCUT2D eigenvalue weighted by Gasteiger charge is 2.31. The van der Waals surface area contributed by atoms with Crippen LogP contribution in [0.15, 0.2) is 24.3 Å². The van der Waals surface area contributed by atoms with Crippen LogP contribution in [0.25, 0.3) is 0 Å². The first kappa shape index (κ1) is 17.2. The Bertz CT molecular complexity index is 557. The van der Waals surface area contributed by atoms with Gasteiger partial charge in [-0.05, 0) is 49.8 Å². The Morgan fingerprint density at radius 3 is 3.00 bits per heavy atom. The third-order valence-corrected chi connectivity index (χ3v) is 5.16. The molecule has 0 aliphatic carbocycles. The lowest BCUT2D eigenvalue weighted by molar-refractivity contribution is 0.0531. The second-order valence-electron chi connectivity index (χ2n) is 6.89. The lowest BCUT2D eigenvalue weighted by Crippen LogP contribution is -2.51. The zero-order chi connectivity index (χ0) is 16.9. The van der Waals surface area contributed by atoms with E-state index in [2.05, 4.69) is 6.92 Å². The minimum absolute atomic E-state index is 0.0552. The van der Waals surface area contributed by atoms with E-state index >= 15 is 0 Å². The first-order valence-corrected chi connectivity index (χ1v) is 9.04. The zero-order valence-electron chi connectivity index (χ0n) is 14.4. The molecule has 2 fully saturated rings. The van der Waals surface area contributed by atoms with Crippen molar-refractivity contribution in [3.05, 3.63) is 29.8 Å². The van der Waals surface area contributed by atoms with Crippen LogP contribution in [0.3, 0.4) is 0 Å². The molecule has 0 spiro atoms. The SMILES string of the molecule is CC1CCCN(C(=O)c2cccc(OCC3CCCO3)c2)C1CN. The van der Waals surface area contributed by atoms with Crippen molar-refractivity contribution < 1.29 is 14.3 Å². The van der Waals surface area contributed by atoms with Crippen molar-refractivity contribution in [2.45, 2.75) is 44.8 Å². The van der Waals surface area contributed by atoms with E-state index in [1.807, 2.05) is 29.2 Å². The molecule has 1 amide bonds. The van der Waals surface area contributed by atoms with Gasteiger partial charge in [0, 0.05) is 31.3 Å².